The SMILES string of the molecule is CN1CN=C2SC3(COC(c4cccnc4)OC3)C(=O)N2C1. The molecule has 3 aliphatic heterocycles. The third-order valence-corrected chi connectivity index (χ3v) is 5.21. The Labute approximate surface area is 132 Å². The quantitative estimate of drug-likeness (QED) is 0.757. The van der Waals surface area contributed by atoms with Gasteiger partial charge in [0.05, 0.1) is 26.6 Å². The van der Waals surface area contributed by atoms with Crippen molar-refractivity contribution in [3.05, 3.63) is 30.1 Å². The van der Waals surface area contributed by atoms with Crippen molar-refractivity contribution in [1.29, 1.82) is 0 Å². The van der Waals surface area contributed by atoms with Gasteiger partial charge in [-0.1, -0.05) is 17.8 Å². The number of carbonyl (C=O) groups is 1. The van der Waals surface area contributed by atoms with Crippen molar-refractivity contribution in [3.8, 4) is 0 Å². The zero-order valence-corrected chi connectivity index (χ0v) is 13.0. The van der Waals surface area contributed by atoms with Gasteiger partial charge in [-0.05, 0) is 13.1 Å². The lowest BCUT2D eigenvalue weighted by Crippen LogP contribution is -2.52. The van der Waals surface area contributed by atoms with Crippen LogP contribution in [0, 0.1) is 0 Å². The summed E-state index contributed by atoms with van der Waals surface area (Å²) in [6.07, 6.45) is 2.96. The molecule has 1 amide bonds. The average molecular weight is 320 g/mol. The van der Waals surface area contributed by atoms with E-state index < -0.39 is 11.0 Å². The lowest BCUT2D eigenvalue weighted by molar-refractivity contribution is -0.199. The number of amidine groups is 1. The molecule has 2 fully saturated rings. The normalized spacial score (nSPS) is 32.2. The van der Waals surface area contributed by atoms with Gasteiger partial charge in [0.15, 0.2) is 11.5 Å². The standard InChI is InChI=1S/C14H16N4O3S/c1-17-8-16-13-18(9-17)12(19)14(22-13)6-20-11(21-7-14)10-3-2-4-15-5-10/h2-5,11H,6-9H2,1H3. The predicted octanol–water partition coefficient (Wildman–Crippen LogP) is 0.658. The second kappa shape index (κ2) is 5.31. The summed E-state index contributed by atoms with van der Waals surface area (Å²) in [6, 6.07) is 3.74. The number of pyridine rings is 1. The molecule has 1 aromatic heterocycles. The molecule has 7 nitrogen and oxygen atoms in total. The number of carbonyl (C=O) groups excluding carboxylic acids is 1. The zero-order valence-electron chi connectivity index (χ0n) is 12.1. The van der Waals surface area contributed by atoms with Crippen LogP contribution in [0.3, 0.4) is 0 Å². The minimum absolute atomic E-state index is 0.0208. The van der Waals surface area contributed by atoms with Crippen molar-refractivity contribution in [1.82, 2.24) is 14.8 Å². The van der Waals surface area contributed by atoms with Gasteiger partial charge in [-0.2, -0.15) is 0 Å². The molecule has 2 saturated heterocycles. The highest BCUT2D eigenvalue weighted by atomic mass is 32.2. The fourth-order valence-corrected chi connectivity index (χ4v) is 3.89. The molecule has 1 aromatic rings. The number of hydrogen-bond acceptors (Lipinski definition) is 7. The highest BCUT2D eigenvalue weighted by Gasteiger charge is 2.55. The molecule has 3 aliphatic rings. The van der Waals surface area contributed by atoms with Crippen LogP contribution in [0.1, 0.15) is 11.9 Å². The summed E-state index contributed by atoms with van der Waals surface area (Å²) < 4.78 is 10.9. The van der Waals surface area contributed by atoms with Crippen LogP contribution in [-0.4, -0.2) is 64.2 Å². The van der Waals surface area contributed by atoms with E-state index in [9.17, 15) is 4.79 Å². The predicted molar refractivity (Wildman–Crippen MR) is 81.0 cm³/mol. The summed E-state index contributed by atoms with van der Waals surface area (Å²) in [7, 11) is 1.94. The summed E-state index contributed by atoms with van der Waals surface area (Å²) in [5.41, 5.74) is 0.864. The first-order chi connectivity index (χ1) is 10.7. The summed E-state index contributed by atoms with van der Waals surface area (Å²) in [6.45, 7) is 1.81. The monoisotopic (exact) mass is 320 g/mol. The van der Waals surface area contributed by atoms with Gasteiger partial charge >= 0.3 is 0 Å². The number of nitrogens with zero attached hydrogens (tertiary/aromatic N) is 4. The molecule has 0 saturated carbocycles. The van der Waals surface area contributed by atoms with Crippen LogP contribution in [-0.2, 0) is 14.3 Å². The molecule has 8 heteroatoms. The minimum Gasteiger partial charge on any atom is -0.346 e. The zero-order chi connectivity index (χ0) is 15.2. The number of rotatable bonds is 1. The van der Waals surface area contributed by atoms with Gasteiger partial charge in [0.25, 0.3) is 5.91 Å². The fraction of sp³-hybridized carbons (Fsp3) is 0.500. The third-order valence-electron chi connectivity index (χ3n) is 3.88. The number of amides is 1. The van der Waals surface area contributed by atoms with E-state index >= 15 is 0 Å². The second-order valence-electron chi connectivity index (χ2n) is 5.65. The van der Waals surface area contributed by atoms with Crippen molar-refractivity contribution in [2.75, 3.05) is 33.6 Å². The Balaban J connectivity index is 1.50. The maximum atomic E-state index is 12.7. The van der Waals surface area contributed by atoms with E-state index in [1.807, 2.05) is 24.1 Å². The van der Waals surface area contributed by atoms with E-state index in [4.69, 9.17) is 9.47 Å². The second-order valence-corrected chi connectivity index (χ2v) is 7.00. The van der Waals surface area contributed by atoms with Gasteiger partial charge in [0, 0.05) is 18.0 Å². The molecule has 0 radical (unpaired) electrons. The lowest BCUT2D eigenvalue weighted by atomic mass is 10.1. The molecule has 0 aromatic carbocycles. The Morgan fingerprint density at radius 2 is 2.23 bits per heavy atom. The van der Waals surface area contributed by atoms with E-state index in [0.717, 1.165) is 10.7 Å². The Hall–Kier alpha value is -1.48. The van der Waals surface area contributed by atoms with Crippen LogP contribution in [0.5, 0.6) is 0 Å². The topological polar surface area (TPSA) is 67.3 Å². The molecule has 0 unspecified atom stereocenters. The molecular weight excluding hydrogens is 304 g/mol. The highest BCUT2D eigenvalue weighted by molar-refractivity contribution is 8.16. The first-order valence-electron chi connectivity index (χ1n) is 7.05. The van der Waals surface area contributed by atoms with Crippen molar-refractivity contribution < 1.29 is 14.3 Å². The van der Waals surface area contributed by atoms with Crippen LogP contribution in [0.25, 0.3) is 0 Å². The maximum Gasteiger partial charge on any atom is 0.251 e. The van der Waals surface area contributed by atoms with Gasteiger partial charge < -0.3 is 9.47 Å². The van der Waals surface area contributed by atoms with Crippen molar-refractivity contribution in [2.24, 2.45) is 4.99 Å². The van der Waals surface area contributed by atoms with Crippen LogP contribution in [0.4, 0.5) is 0 Å². The van der Waals surface area contributed by atoms with Crippen LogP contribution in [0.15, 0.2) is 29.5 Å². The summed E-state index contributed by atoms with van der Waals surface area (Å²) in [5, 5.41) is 0.773. The Morgan fingerprint density at radius 1 is 1.41 bits per heavy atom. The average Bonchev–Trinajstić information content (AvgIpc) is 2.82. The third kappa shape index (κ3) is 2.23. The van der Waals surface area contributed by atoms with Gasteiger partial charge in [-0.15, -0.1) is 0 Å². The molecule has 0 atom stereocenters. The van der Waals surface area contributed by atoms with Crippen molar-refractivity contribution in [3.63, 3.8) is 0 Å². The van der Waals surface area contributed by atoms with Crippen LogP contribution < -0.4 is 0 Å². The van der Waals surface area contributed by atoms with Crippen LogP contribution >= 0.6 is 11.8 Å². The summed E-state index contributed by atoms with van der Waals surface area (Å²) in [5.74, 6) is 0.0208. The molecule has 0 N–H and O–H groups in total. The fourth-order valence-electron chi connectivity index (χ4n) is 2.72. The van der Waals surface area contributed by atoms with Crippen molar-refractivity contribution in [2.45, 2.75) is 11.0 Å². The number of hydrogen-bond donors (Lipinski definition) is 0. The first kappa shape index (κ1) is 14.1. The lowest BCUT2D eigenvalue weighted by Gasteiger charge is -2.34. The smallest absolute Gasteiger partial charge is 0.251 e. The molecule has 22 heavy (non-hydrogen) atoms. The Morgan fingerprint density at radius 3 is 2.95 bits per heavy atom. The Kier molecular flexibility index (Phi) is 3.41. The molecule has 116 valence electrons. The number of aromatic nitrogens is 1. The number of aliphatic imine (C=N–C) groups is 1. The number of ether oxygens (including phenoxy) is 2. The highest BCUT2D eigenvalue weighted by Crippen LogP contribution is 2.43. The van der Waals surface area contributed by atoms with E-state index in [0.29, 0.717) is 26.6 Å². The molecule has 0 bridgehead atoms. The van der Waals surface area contributed by atoms with Gasteiger partial charge in [-0.3, -0.25) is 19.6 Å². The molecule has 0 aliphatic carbocycles. The van der Waals surface area contributed by atoms with Crippen LogP contribution in [0.2, 0.25) is 0 Å². The molecule has 4 heterocycles. The molecule has 4 rings (SSSR count). The Bertz CT molecular complexity index is 616. The molecular formula is C14H16N4O3S. The van der Waals surface area contributed by atoms with Gasteiger partial charge in [-0.25, -0.2) is 4.99 Å². The largest absolute Gasteiger partial charge is 0.346 e. The summed E-state index contributed by atoms with van der Waals surface area (Å²) in [4.78, 5) is 24.9. The maximum absolute atomic E-state index is 12.7. The summed E-state index contributed by atoms with van der Waals surface area (Å²) >= 11 is 1.46. The van der Waals surface area contributed by atoms with E-state index in [2.05, 4.69) is 9.98 Å². The van der Waals surface area contributed by atoms with E-state index in [1.165, 1.54) is 11.8 Å². The first-order valence-corrected chi connectivity index (χ1v) is 7.87. The van der Waals surface area contributed by atoms with E-state index in [-0.39, 0.29) is 5.91 Å². The van der Waals surface area contributed by atoms with Gasteiger partial charge in [0.2, 0.25) is 0 Å². The molecule has 1 spiro atoms. The number of thioether (sulfide) groups is 1. The number of fused-ring (bicyclic) bond motifs is 1. The minimum atomic E-state index is -0.706. The van der Waals surface area contributed by atoms with Gasteiger partial charge in [0.1, 0.15) is 4.75 Å². The van der Waals surface area contributed by atoms with E-state index in [1.54, 1.807) is 17.3 Å². The van der Waals surface area contributed by atoms with Crippen molar-refractivity contribution >= 4 is 22.8 Å².